The van der Waals surface area contributed by atoms with Crippen molar-refractivity contribution in [1.82, 2.24) is 5.32 Å². The quantitative estimate of drug-likeness (QED) is 0.742. The lowest BCUT2D eigenvalue weighted by Gasteiger charge is -2.31. The summed E-state index contributed by atoms with van der Waals surface area (Å²) in [7, 11) is 0. The molecule has 4 unspecified atom stereocenters. The van der Waals surface area contributed by atoms with Crippen molar-refractivity contribution in [1.29, 1.82) is 0 Å². The van der Waals surface area contributed by atoms with Crippen molar-refractivity contribution in [2.75, 3.05) is 0 Å². The van der Waals surface area contributed by atoms with Gasteiger partial charge in [-0.25, -0.2) is 0 Å². The van der Waals surface area contributed by atoms with E-state index in [1.807, 2.05) is 0 Å². The fraction of sp³-hybridized carbons (Fsp3) is 0.933. The number of rotatable bonds is 2. The van der Waals surface area contributed by atoms with Gasteiger partial charge in [-0.15, -0.1) is 0 Å². The van der Waals surface area contributed by atoms with Crippen molar-refractivity contribution in [3.05, 3.63) is 0 Å². The Morgan fingerprint density at radius 1 is 1.00 bits per heavy atom. The van der Waals surface area contributed by atoms with E-state index in [4.69, 9.17) is 5.73 Å². The van der Waals surface area contributed by atoms with Crippen LogP contribution in [0.25, 0.3) is 0 Å². The number of nitrogens with two attached hydrogens (primary N) is 1. The van der Waals surface area contributed by atoms with Gasteiger partial charge in [-0.1, -0.05) is 39.0 Å². The molecule has 3 N–H and O–H groups in total. The van der Waals surface area contributed by atoms with Crippen LogP contribution in [0, 0.1) is 11.8 Å². The molecule has 0 aromatic heterocycles. The van der Waals surface area contributed by atoms with Gasteiger partial charge in [-0.3, -0.25) is 4.79 Å². The predicted octanol–water partition coefficient (Wildman–Crippen LogP) is 2.59. The van der Waals surface area contributed by atoms with Crippen LogP contribution < -0.4 is 11.1 Å². The molecule has 4 atom stereocenters. The predicted molar refractivity (Wildman–Crippen MR) is 74.1 cm³/mol. The van der Waals surface area contributed by atoms with Crippen molar-refractivity contribution in [2.24, 2.45) is 17.6 Å². The maximum atomic E-state index is 12.4. The van der Waals surface area contributed by atoms with Crippen LogP contribution in [-0.2, 0) is 4.79 Å². The van der Waals surface area contributed by atoms with E-state index in [1.165, 1.54) is 32.1 Å². The molecule has 2 aliphatic carbocycles. The van der Waals surface area contributed by atoms with E-state index in [-0.39, 0.29) is 17.9 Å². The second kappa shape index (κ2) is 6.55. The first kappa shape index (κ1) is 13.9. The van der Waals surface area contributed by atoms with Crippen molar-refractivity contribution in [3.63, 3.8) is 0 Å². The lowest BCUT2D eigenvalue weighted by molar-refractivity contribution is -0.127. The Balaban J connectivity index is 1.89. The lowest BCUT2D eigenvalue weighted by Crippen LogP contribution is -2.48. The van der Waals surface area contributed by atoms with Gasteiger partial charge < -0.3 is 11.1 Å². The summed E-state index contributed by atoms with van der Waals surface area (Å²) >= 11 is 0. The maximum Gasteiger partial charge on any atom is 0.224 e. The van der Waals surface area contributed by atoms with Crippen molar-refractivity contribution >= 4 is 5.91 Å². The molecule has 0 aliphatic heterocycles. The highest BCUT2D eigenvalue weighted by molar-refractivity contribution is 5.79. The Morgan fingerprint density at radius 2 is 1.67 bits per heavy atom. The minimum absolute atomic E-state index is 0.0571. The molecular formula is C15H28N2O. The molecule has 0 aromatic rings. The summed E-state index contributed by atoms with van der Waals surface area (Å²) in [4.78, 5) is 12.4. The molecule has 0 bridgehead atoms. The van der Waals surface area contributed by atoms with Crippen LogP contribution >= 0.6 is 0 Å². The molecule has 2 fully saturated rings. The zero-order chi connectivity index (χ0) is 13.0. The van der Waals surface area contributed by atoms with Crippen molar-refractivity contribution in [3.8, 4) is 0 Å². The molecule has 0 heterocycles. The van der Waals surface area contributed by atoms with Crippen LogP contribution in [0.1, 0.15) is 64.7 Å². The first-order chi connectivity index (χ1) is 8.68. The molecule has 1 amide bonds. The number of carbonyl (C=O) groups is 1. The fourth-order valence-electron chi connectivity index (χ4n) is 3.48. The summed E-state index contributed by atoms with van der Waals surface area (Å²) in [6, 6.07) is 0.466. The molecule has 0 radical (unpaired) electrons. The highest BCUT2D eigenvalue weighted by atomic mass is 16.2. The van der Waals surface area contributed by atoms with E-state index in [2.05, 4.69) is 12.2 Å². The average Bonchev–Trinajstić information content (AvgIpc) is 2.57. The van der Waals surface area contributed by atoms with Crippen LogP contribution in [0.4, 0.5) is 0 Å². The van der Waals surface area contributed by atoms with Crippen LogP contribution in [0.5, 0.6) is 0 Å². The average molecular weight is 252 g/mol. The van der Waals surface area contributed by atoms with Gasteiger partial charge in [0.05, 0.1) is 5.92 Å². The molecule has 0 aromatic carbocycles. The zero-order valence-electron chi connectivity index (χ0n) is 11.7. The van der Waals surface area contributed by atoms with Gasteiger partial charge in [0, 0.05) is 12.1 Å². The summed E-state index contributed by atoms with van der Waals surface area (Å²) in [6.07, 6.45) is 10.5. The molecule has 104 valence electrons. The van der Waals surface area contributed by atoms with Crippen molar-refractivity contribution in [2.45, 2.75) is 76.8 Å². The zero-order valence-corrected chi connectivity index (χ0v) is 11.7. The van der Waals surface area contributed by atoms with Crippen molar-refractivity contribution < 1.29 is 4.79 Å². The second-order valence-corrected chi connectivity index (χ2v) is 6.29. The smallest absolute Gasteiger partial charge is 0.224 e. The molecule has 0 saturated heterocycles. The summed E-state index contributed by atoms with van der Waals surface area (Å²) < 4.78 is 0. The molecule has 2 rings (SSSR count). The summed E-state index contributed by atoms with van der Waals surface area (Å²) in [6.45, 7) is 2.26. The topological polar surface area (TPSA) is 55.1 Å². The largest absolute Gasteiger partial charge is 0.353 e. The Labute approximate surface area is 111 Å². The standard InChI is InChI=1S/C15H28N2O/c1-11-7-5-6-10-14(11)17-15(18)12-8-3-2-4-9-13(12)16/h11-14H,2-10,16H2,1H3,(H,17,18). The third kappa shape index (κ3) is 3.47. The SMILES string of the molecule is CC1CCCCC1NC(=O)C1CCCCCC1N. The third-order valence-electron chi connectivity index (χ3n) is 4.85. The van der Waals surface area contributed by atoms with Gasteiger partial charge in [0.15, 0.2) is 0 Å². The van der Waals surface area contributed by atoms with E-state index in [0.717, 1.165) is 25.7 Å². The minimum Gasteiger partial charge on any atom is -0.353 e. The van der Waals surface area contributed by atoms with Gasteiger partial charge in [0.2, 0.25) is 5.91 Å². The van der Waals surface area contributed by atoms with E-state index in [1.54, 1.807) is 0 Å². The number of hydrogen-bond acceptors (Lipinski definition) is 2. The van der Waals surface area contributed by atoms with Crippen LogP contribution in [0.3, 0.4) is 0 Å². The monoisotopic (exact) mass is 252 g/mol. The van der Waals surface area contributed by atoms with Gasteiger partial charge in [0.25, 0.3) is 0 Å². The number of nitrogens with one attached hydrogen (secondary N) is 1. The Kier molecular flexibility index (Phi) is 5.04. The highest BCUT2D eigenvalue weighted by Crippen LogP contribution is 2.26. The van der Waals surface area contributed by atoms with Crippen LogP contribution in [0.15, 0.2) is 0 Å². The third-order valence-corrected chi connectivity index (χ3v) is 4.85. The normalized spacial score (nSPS) is 37.9. The first-order valence-electron chi connectivity index (χ1n) is 7.74. The maximum absolute atomic E-state index is 12.4. The summed E-state index contributed by atoms with van der Waals surface area (Å²) in [5.41, 5.74) is 6.16. The van der Waals surface area contributed by atoms with E-state index < -0.39 is 0 Å². The van der Waals surface area contributed by atoms with Gasteiger partial charge in [0.1, 0.15) is 0 Å². The Hall–Kier alpha value is -0.570. The molecule has 2 aliphatic rings. The van der Waals surface area contributed by atoms with E-state index in [9.17, 15) is 4.79 Å². The second-order valence-electron chi connectivity index (χ2n) is 6.29. The van der Waals surface area contributed by atoms with Crippen LogP contribution in [0.2, 0.25) is 0 Å². The molecule has 18 heavy (non-hydrogen) atoms. The number of hydrogen-bond donors (Lipinski definition) is 2. The molecular weight excluding hydrogens is 224 g/mol. The van der Waals surface area contributed by atoms with Gasteiger partial charge in [-0.05, 0) is 31.6 Å². The summed E-state index contributed by atoms with van der Waals surface area (Å²) in [5, 5.41) is 3.28. The summed E-state index contributed by atoms with van der Waals surface area (Å²) in [5.74, 6) is 0.912. The fourth-order valence-corrected chi connectivity index (χ4v) is 3.48. The van der Waals surface area contributed by atoms with Crippen LogP contribution in [-0.4, -0.2) is 18.0 Å². The lowest BCUT2D eigenvalue weighted by atomic mass is 9.85. The number of carbonyl (C=O) groups excluding carboxylic acids is 1. The molecule has 3 nitrogen and oxygen atoms in total. The van der Waals surface area contributed by atoms with Gasteiger partial charge >= 0.3 is 0 Å². The van der Waals surface area contributed by atoms with E-state index >= 15 is 0 Å². The highest BCUT2D eigenvalue weighted by Gasteiger charge is 2.30. The molecule has 3 heteroatoms. The Bertz CT molecular complexity index is 280. The minimum atomic E-state index is 0.0571. The first-order valence-corrected chi connectivity index (χ1v) is 7.74. The molecule has 0 spiro atoms. The van der Waals surface area contributed by atoms with Gasteiger partial charge in [-0.2, -0.15) is 0 Å². The van der Waals surface area contributed by atoms with E-state index in [0.29, 0.717) is 12.0 Å². The molecule has 2 saturated carbocycles. The number of amides is 1. The Morgan fingerprint density at radius 3 is 2.44 bits per heavy atom.